The molecule has 0 N–H and O–H groups in total. The molecule has 1 amide bonds. The van der Waals surface area contributed by atoms with Gasteiger partial charge in [0.05, 0.1) is 6.54 Å². The van der Waals surface area contributed by atoms with Gasteiger partial charge in [0.1, 0.15) is 12.4 Å². The highest BCUT2D eigenvalue weighted by Gasteiger charge is 2.24. The second-order valence-electron chi connectivity index (χ2n) is 5.64. The van der Waals surface area contributed by atoms with E-state index in [2.05, 4.69) is 0 Å². The topological polar surface area (TPSA) is 29.5 Å². The number of hydrogen-bond donors (Lipinski definition) is 0. The molecule has 1 aromatic carbocycles. The summed E-state index contributed by atoms with van der Waals surface area (Å²) in [6.45, 7) is 8.93. The van der Waals surface area contributed by atoms with E-state index in [1.807, 2.05) is 59.0 Å². The van der Waals surface area contributed by atoms with E-state index < -0.39 is 0 Å². The molecule has 3 nitrogen and oxygen atoms in total. The maximum atomic E-state index is 11.9. The third-order valence-electron chi connectivity index (χ3n) is 2.70. The molecule has 0 radical (unpaired) electrons. The lowest BCUT2D eigenvalue weighted by molar-refractivity contribution is -0.138. The lowest BCUT2D eigenvalue weighted by Gasteiger charge is -2.25. The Morgan fingerprint density at radius 3 is 2.28 bits per heavy atom. The van der Waals surface area contributed by atoms with Gasteiger partial charge in [-0.25, -0.2) is 0 Å². The monoisotopic (exact) mass is 249 g/mol. The van der Waals surface area contributed by atoms with E-state index in [1.54, 1.807) is 4.90 Å². The summed E-state index contributed by atoms with van der Waals surface area (Å²) in [5.74, 6) is 0.979. The van der Waals surface area contributed by atoms with Crippen LogP contribution < -0.4 is 4.74 Å². The van der Waals surface area contributed by atoms with Gasteiger partial charge in [0, 0.05) is 12.5 Å². The maximum Gasteiger partial charge on any atom is 0.227 e. The molecule has 0 bridgehead atoms. The summed E-state index contributed by atoms with van der Waals surface area (Å²) in [6, 6.07) is 7.92. The van der Waals surface area contributed by atoms with E-state index in [0.29, 0.717) is 13.2 Å². The van der Waals surface area contributed by atoms with E-state index in [0.717, 1.165) is 5.75 Å². The molecule has 1 aromatic rings. The van der Waals surface area contributed by atoms with E-state index in [4.69, 9.17) is 4.74 Å². The number of nitrogens with zero attached hydrogens (tertiary/aromatic N) is 1. The lowest BCUT2D eigenvalue weighted by atomic mass is 9.95. The Morgan fingerprint density at radius 2 is 1.78 bits per heavy atom. The number of amides is 1. The Bertz CT molecular complexity index is 390. The standard InChI is InChI=1S/C15H23NO2/c1-12-6-8-13(9-7-12)18-11-10-16(5)14(17)15(2,3)4/h6-9H,10-11H2,1-5H3. The third-order valence-corrected chi connectivity index (χ3v) is 2.70. The first-order chi connectivity index (χ1) is 8.30. The predicted octanol–water partition coefficient (Wildman–Crippen LogP) is 2.88. The average molecular weight is 249 g/mol. The summed E-state index contributed by atoms with van der Waals surface area (Å²) >= 11 is 0. The van der Waals surface area contributed by atoms with Crippen molar-refractivity contribution in [3.63, 3.8) is 0 Å². The molecule has 0 aliphatic carbocycles. The number of aryl methyl sites for hydroxylation is 1. The summed E-state index contributed by atoms with van der Waals surface area (Å²) in [5.41, 5.74) is 0.876. The van der Waals surface area contributed by atoms with Crippen molar-refractivity contribution in [2.45, 2.75) is 27.7 Å². The van der Waals surface area contributed by atoms with Crippen LogP contribution in [0.25, 0.3) is 0 Å². The van der Waals surface area contributed by atoms with Crippen LogP contribution in [0.1, 0.15) is 26.3 Å². The van der Waals surface area contributed by atoms with E-state index in [1.165, 1.54) is 5.56 Å². The van der Waals surface area contributed by atoms with E-state index in [-0.39, 0.29) is 11.3 Å². The quantitative estimate of drug-likeness (QED) is 0.821. The molecule has 3 heteroatoms. The van der Waals surface area contributed by atoms with Gasteiger partial charge < -0.3 is 9.64 Å². The van der Waals surface area contributed by atoms with Gasteiger partial charge in [-0.1, -0.05) is 38.5 Å². The number of hydrogen-bond acceptors (Lipinski definition) is 2. The van der Waals surface area contributed by atoms with Crippen molar-refractivity contribution in [3.8, 4) is 5.75 Å². The Morgan fingerprint density at radius 1 is 1.22 bits per heavy atom. The minimum absolute atomic E-state index is 0.134. The van der Waals surface area contributed by atoms with Crippen LogP contribution in [0.3, 0.4) is 0 Å². The minimum atomic E-state index is -0.335. The van der Waals surface area contributed by atoms with Crippen LogP contribution in [-0.4, -0.2) is 31.0 Å². The van der Waals surface area contributed by atoms with Crippen LogP contribution >= 0.6 is 0 Å². The highest BCUT2D eigenvalue weighted by atomic mass is 16.5. The number of carbonyl (C=O) groups excluding carboxylic acids is 1. The van der Waals surface area contributed by atoms with Crippen LogP contribution in [0.2, 0.25) is 0 Å². The van der Waals surface area contributed by atoms with Crippen LogP contribution in [0, 0.1) is 12.3 Å². The van der Waals surface area contributed by atoms with Gasteiger partial charge in [-0.15, -0.1) is 0 Å². The second-order valence-corrected chi connectivity index (χ2v) is 5.64. The van der Waals surface area contributed by atoms with Gasteiger partial charge in [-0.2, -0.15) is 0 Å². The Kier molecular flexibility index (Phi) is 4.76. The molecule has 100 valence electrons. The Hall–Kier alpha value is -1.51. The molecule has 0 saturated carbocycles. The van der Waals surface area contributed by atoms with Gasteiger partial charge in [-0.05, 0) is 19.1 Å². The van der Waals surface area contributed by atoms with Gasteiger partial charge in [-0.3, -0.25) is 4.79 Å². The van der Waals surface area contributed by atoms with Crippen molar-refractivity contribution in [1.82, 2.24) is 4.90 Å². The van der Waals surface area contributed by atoms with Crippen molar-refractivity contribution < 1.29 is 9.53 Å². The molecule has 0 atom stereocenters. The van der Waals surface area contributed by atoms with Crippen LogP contribution in [0.4, 0.5) is 0 Å². The van der Waals surface area contributed by atoms with Crippen LogP contribution in [0.15, 0.2) is 24.3 Å². The molecule has 18 heavy (non-hydrogen) atoms. The molecule has 0 aliphatic rings. The van der Waals surface area contributed by atoms with Crippen molar-refractivity contribution in [2.75, 3.05) is 20.2 Å². The fourth-order valence-electron chi connectivity index (χ4n) is 1.61. The zero-order chi connectivity index (χ0) is 13.8. The fourth-order valence-corrected chi connectivity index (χ4v) is 1.61. The third kappa shape index (κ3) is 4.40. The molecule has 1 rings (SSSR count). The molecule has 0 spiro atoms. The molecular weight excluding hydrogens is 226 g/mol. The molecule has 0 saturated heterocycles. The summed E-state index contributed by atoms with van der Waals surface area (Å²) in [7, 11) is 1.81. The first-order valence-corrected chi connectivity index (χ1v) is 6.26. The van der Waals surface area contributed by atoms with Crippen molar-refractivity contribution >= 4 is 5.91 Å². The first kappa shape index (κ1) is 14.6. The number of carbonyl (C=O) groups is 1. The van der Waals surface area contributed by atoms with Crippen molar-refractivity contribution in [2.24, 2.45) is 5.41 Å². The molecule has 0 heterocycles. The maximum absolute atomic E-state index is 11.9. The van der Waals surface area contributed by atoms with E-state index in [9.17, 15) is 4.79 Å². The van der Waals surface area contributed by atoms with Gasteiger partial charge in [0.15, 0.2) is 0 Å². The van der Waals surface area contributed by atoms with Gasteiger partial charge in [0.2, 0.25) is 5.91 Å². The first-order valence-electron chi connectivity index (χ1n) is 6.26. The van der Waals surface area contributed by atoms with Crippen LogP contribution in [-0.2, 0) is 4.79 Å². The second kappa shape index (κ2) is 5.89. The van der Waals surface area contributed by atoms with Gasteiger partial charge in [0.25, 0.3) is 0 Å². The number of rotatable bonds is 4. The highest BCUT2D eigenvalue weighted by molar-refractivity contribution is 5.81. The molecular formula is C15H23NO2. The normalized spacial score (nSPS) is 11.2. The smallest absolute Gasteiger partial charge is 0.227 e. The molecule has 0 aliphatic heterocycles. The van der Waals surface area contributed by atoms with E-state index >= 15 is 0 Å². The average Bonchev–Trinajstić information content (AvgIpc) is 2.29. The van der Waals surface area contributed by atoms with Crippen LogP contribution in [0.5, 0.6) is 5.75 Å². The summed E-state index contributed by atoms with van der Waals surface area (Å²) in [5, 5.41) is 0. The minimum Gasteiger partial charge on any atom is -0.492 e. The Labute approximate surface area is 110 Å². The van der Waals surface area contributed by atoms with Crippen molar-refractivity contribution in [1.29, 1.82) is 0 Å². The highest BCUT2D eigenvalue weighted by Crippen LogP contribution is 2.16. The van der Waals surface area contributed by atoms with Crippen molar-refractivity contribution in [3.05, 3.63) is 29.8 Å². The summed E-state index contributed by atoms with van der Waals surface area (Å²) in [4.78, 5) is 13.6. The van der Waals surface area contributed by atoms with Gasteiger partial charge >= 0.3 is 0 Å². The molecule has 0 unspecified atom stereocenters. The predicted molar refractivity (Wildman–Crippen MR) is 73.8 cm³/mol. The summed E-state index contributed by atoms with van der Waals surface area (Å²) < 4.78 is 5.60. The number of benzene rings is 1. The summed E-state index contributed by atoms with van der Waals surface area (Å²) in [6.07, 6.45) is 0. The number of ether oxygens (including phenoxy) is 1. The largest absolute Gasteiger partial charge is 0.492 e. The SMILES string of the molecule is Cc1ccc(OCCN(C)C(=O)C(C)(C)C)cc1. The fraction of sp³-hybridized carbons (Fsp3) is 0.533. The Balaban J connectivity index is 2.38. The zero-order valence-corrected chi connectivity index (χ0v) is 12.0. The number of likely N-dealkylation sites (N-methyl/N-ethyl adjacent to an activating group) is 1. The zero-order valence-electron chi connectivity index (χ0n) is 12.0. The molecule has 0 aromatic heterocycles. The lowest BCUT2D eigenvalue weighted by Crippen LogP contribution is -2.38. The molecule has 0 fully saturated rings.